The van der Waals surface area contributed by atoms with E-state index in [0.717, 1.165) is 24.9 Å². The largest absolute Gasteiger partial charge is 0.465 e. The van der Waals surface area contributed by atoms with Crippen LogP contribution < -0.4 is 0 Å². The van der Waals surface area contributed by atoms with Gasteiger partial charge in [0.15, 0.2) is 0 Å². The molecule has 1 aromatic rings. The van der Waals surface area contributed by atoms with Gasteiger partial charge in [0.05, 0.1) is 23.1 Å². The number of alkyl halides is 3. The highest BCUT2D eigenvalue weighted by Crippen LogP contribution is 2.36. The lowest BCUT2D eigenvalue weighted by Crippen LogP contribution is -2.12. The summed E-state index contributed by atoms with van der Waals surface area (Å²) >= 11 is 0.720. The molecule has 0 N–H and O–H groups in total. The lowest BCUT2D eigenvalue weighted by Gasteiger charge is -2.12. The van der Waals surface area contributed by atoms with Crippen LogP contribution in [0.25, 0.3) is 0 Å². The molecule has 94 valence electrons. The van der Waals surface area contributed by atoms with E-state index in [1.165, 1.54) is 6.26 Å². The molecule has 0 amide bonds. The first-order valence-corrected chi connectivity index (χ1v) is 5.57. The molecule has 0 aliphatic carbocycles. The molecule has 0 atom stereocenters. The standard InChI is InChI=1S/C10H8F4O2S/c1-16-9(15)5-3-4-6(10(12,13)14)7(11)8(5)17-2/h3-4H,1-2H3. The van der Waals surface area contributed by atoms with Crippen molar-refractivity contribution in [2.45, 2.75) is 11.1 Å². The molecular formula is C10H8F4O2S. The molecule has 1 rings (SSSR count). The minimum atomic E-state index is -4.79. The zero-order valence-electron chi connectivity index (χ0n) is 8.89. The third-order valence-electron chi connectivity index (χ3n) is 2.01. The second-order valence-electron chi connectivity index (χ2n) is 3.00. The van der Waals surface area contributed by atoms with Crippen LogP contribution in [0.2, 0.25) is 0 Å². The van der Waals surface area contributed by atoms with E-state index < -0.39 is 23.5 Å². The van der Waals surface area contributed by atoms with Gasteiger partial charge in [-0.15, -0.1) is 11.8 Å². The molecule has 0 spiro atoms. The Kier molecular flexibility index (Phi) is 4.03. The zero-order chi connectivity index (χ0) is 13.2. The highest BCUT2D eigenvalue weighted by atomic mass is 32.2. The summed E-state index contributed by atoms with van der Waals surface area (Å²) in [5.41, 5.74) is -1.61. The fourth-order valence-corrected chi connectivity index (χ4v) is 1.91. The number of thioether (sulfide) groups is 1. The molecule has 0 saturated heterocycles. The summed E-state index contributed by atoms with van der Waals surface area (Å²) in [5, 5.41) is 0. The Labute approximate surface area is 99.0 Å². The first kappa shape index (κ1) is 13.8. The van der Waals surface area contributed by atoms with Gasteiger partial charge < -0.3 is 4.74 Å². The summed E-state index contributed by atoms with van der Waals surface area (Å²) in [6.45, 7) is 0. The predicted molar refractivity (Wildman–Crippen MR) is 54.5 cm³/mol. The minimum absolute atomic E-state index is 0.217. The number of esters is 1. The molecule has 0 radical (unpaired) electrons. The van der Waals surface area contributed by atoms with Crippen LogP contribution in [0.3, 0.4) is 0 Å². The Bertz CT molecular complexity index is 443. The molecule has 2 nitrogen and oxygen atoms in total. The quantitative estimate of drug-likeness (QED) is 0.467. The van der Waals surface area contributed by atoms with E-state index in [9.17, 15) is 22.4 Å². The maximum atomic E-state index is 13.6. The fraction of sp³-hybridized carbons (Fsp3) is 0.300. The highest BCUT2D eigenvalue weighted by Gasteiger charge is 2.36. The number of hydrogen-bond acceptors (Lipinski definition) is 3. The van der Waals surface area contributed by atoms with E-state index >= 15 is 0 Å². The van der Waals surface area contributed by atoms with E-state index in [1.54, 1.807) is 0 Å². The first-order chi connectivity index (χ1) is 7.82. The summed E-state index contributed by atoms with van der Waals surface area (Å²) < 4.78 is 55.2. The van der Waals surface area contributed by atoms with Crippen LogP contribution in [0.5, 0.6) is 0 Å². The highest BCUT2D eigenvalue weighted by molar-refractivity contribution is 7.98. The smallest absolute Gasteiger partial charge is 0.419 e. The van der Waals surface area contributed by atoms with Gasteiger partial charge >= 0.3 is 12.1 Å². The van der Waals surface area contributed by atoms with Gasteiger partial charge in [-0.2, -0.15) is 13.2 Å². The maximum absolute atomic E-state index is 13.6. The zero-order valence-corrected chi connectivity index (χ0v) is 9.71. The van der Waals surface area contributed by atoms with Gasteiger partial charge in [-0.1, -0.05) is 0 Å². The Morgan fingerprint density at radius 3 is 2.35 bits per heavy atom. The average molecular weight is 268 g/mol. The van der Waals surface area contributed by atoms with Crippen LogP contribution in [0.1, 0.15) is 15.9 Å². The summed E-state index contributed by atoms with van der Waals surface area (Å²) in [4.78, 5) is 10.9. The predicted octanol–water partition coefficient (Wildman–Crippen LogP) is 3.35. The molecule has 0 bridgehead atoms. The Balaban J connectivity index is 3.43. The summed E-state index contributed by atoms with van der Waals surface area (Å²) in [6.07, 6.45) is -3.41. The average Bonchev–Trinajstić information content (AvgIpc) is 2.25. The molecule has 0 heterocycles. The molecule has 0 aliphatic heterocycles. The van der Waals surface area contributed by atoms with Crippen molar-refractivity contribution < 1.29 is 27.1 Å². The Hall–Kier alpha value is -1.24. The van der Waals surface area contributed by atoms with Gasteiger partial charge in [0.1, 0.15) is 5.82 Å². The summed E-state index contributed by atoms with van der Waals surface area (Å²) in [7, 11) is 1.07. The van der Waals surface area contributed by atoms with Gasteiger partial charge in [0.25, 0.3) is 0 Å². The molecule has 17 heavy (non-hydrogen) atoms. The molecule has 0 aromatic heterocycles. The van der Waals surface area contributed by atoms with E-state index in [1.807, 2.05) is 0 Å². The first-order valence-electron chi connectivity index (χ1n) is 4.35. The summed E-state index contributed by atoms with van der Waals surface area (Å²) in [5.74, 6) is -2.32. The number of carbonyl (C=O) groups excluding carboxylic acids is 1. The van der Waals surface area contributed by atoms with Gasteiger partial charge in [-0.25, -0.2) is 9.18 Å². The molecular weight excluding hydrogens is 260 g/mol. The number of benzene rings is 1. The lowest BCUT2D eigenvalue weighted by atomic mass is 10.1. The second-order valence-corrected chi connectivity index (χ2v) is 3.81. The number of methoxy groups -OCH3 is 1. The van der Waals surface area contributed by atoms with Crippen LogP contribution in [0, 0.1) is 5.82 Å². The Morgan fingerprint density at radius 2 is 1.94 bits per heavy atom. The normalized spacial score (nSPS) is 11.4. The van der Waals surface area contributed by atoms with E-state index in [2.05, 4.69) is 4.74 Å². The maximum Gasteiger partial charge on any atom is 0.419 e. The van der Waals surface area contributed by atoms with Crippen LogP contribution in [-0.4, -0.2) is 19.3 Å². The van der Waals surface area contributed by atoms with Crippen molar-refractivity contribution in [3.8, 4) is 0 Å². The lowest BCUT2D eigenvalue weighted by molar-refractivity contribution is -0.140. The second kappa shape index (κ2) is 4.95. The van der Waals surface area contributed by atoms with E-state index in [-0.39, 0.29) is 10.5 Å². The minimum Gasteiger partial charge on any atom is -0.465 e. The van der Waals surface area contributed by atoms with Crippen molar-refractivity contribution in [2.75, 3.05) is 13.4 Å². The van der Waals surface area contributed by atoms with Crippen molar-refractivity contribution in [3.63, 3.8) is 0 Å². The van der Waals surface area contributed by atoms with Crippen molar-refractivity contribution in [3.05, 3.63) is 29.1 Å². The topological polar surface area (TPSA) is 26.3 Å². The van der Waals surface area contributed by atoms with Crippen molar-refractivity contribution in [1.29, 1.82) is 0 Å². The Morgan fingerprint density at radius 1 is 1.35 bits per heavy atom. The monoisotopic (exact) mass is 268 g/mol. The molecule has 7 heteroatoms. The number of carbonyl (C=O) groups is 1. The molecule has 1 aromatic carbocycles. The van der Waals surface area contributed by atoms with Gasteiger partial charge in [-0.05, 0) is 18.4 Å². The number of hydrogen-bond donors (Lipinski definition) is 0. The molecule has 0 unspecified atom stereocenters. The molecule has 0 saturated carbocycles. The van der Waals surface area contributed by atoms with Gasteiger partial charge in [0, 0.05) is 0 Å². The van der Waals surface area contributed by atoms with Crippen molar-refractivity contribution in [2.24, 2.45) is 0 Å². The van der Waals surface area contributed by atoms with Crippen LogP contribution in [0.4, 0.5) is 17.6 Å². The van der Waals surface area contributed by atoms with Crippen LogP contribution in [-0.2, 0) is 10.9 Å². The van der Waals surface area contributed by atoms with E-state index in [0.29, 0.717) is 6.07 Å². The fourth-order valence-electron chi connectivity index (χ4n) is 1.25. The van der Waals surface area contributed by atoms with Gasteiger partial charge in [-0.3, -0.25) is 0 Å². The number of halogens is 4. The SMILES string of the molecule is COC(=O)c1ccc(C(F)(F)F)c(F)c1SC. The van der Waals surface area contributed by atoms with Crippen LogP contribution >= 0.6 is 11.8 Å². The van der Waals surface area contributed by atoms with Crippen molar-refractivity contribution >= 4 is 17.7 Å². The molecule has 0 fully saturated rings. The summed E-state index contributed by atoms with van der Waals surface area (Å²) in [6, 6.07) is 1.44. The number of ether oxygens (including phenoxy) is 1. The van der Waals surface area contributed by atoms with Crippen LogP contribution in [0.15, 0.2) is 17.0 Å². The van der Waals surface area contributed by atoms with Gasteiger partial charge in [0.2, 0.25) is 0 Å². The molecule has 0 aliphatic rings. The van der Waals surface area contributed by atoms with E-state index in [4.69, 9.17) is 0 Å². The van der Waals surface area contributed by atoms with Crippen molar-refractivity contribution in [1.82, 2.24) is 0 Å². The third kappa shape index (κ3) is 2.71. The third-order valence-corrected chi connectivity index (χ3v) is 2.82. The number of rotatable bonds is 2.